The third-order valence-corrected chi connectivity index (χ3v) is 5.55. The number of carbonyl (C=O) groups excluding carboxylic acids is 1. The minimum absolute atomic E-state index is 0.192. The van der Waals surface area contributed by atoms with Gasteiger partial charge in [0.15, 0.2) is 11.7 Å². The van der Waals surface area contributed by atoms with Crippen molar-refractivity contribution in [3.63, 3.8) is 0 Å². The third kappa shape index (κ3) is 4.19. The molecule has 27 heavy (non-hydrogen) atoms. The highest BCUT2D eigenvalue weighted by Crippen LogP contribution is 2.32. The quantitative estimate of drug-likeness (QED) is 0.477. The van der Waals surface area contributed by atoms with Crippen LogP contribution in [0.4, 0.5) is 5.13 Å². The first kappa shape index (κ1) is 17.7. The summed E-state index contributed by atoms with van der Waals surface area (Å²) in [5, 5.41) is 5.80. The minimum Gasteiger partial charge on any atom is -0.484 e. The second kappa shape index (κ2) is 7.51. The van der Waals surface area contributed by atoms with E-state index >= 15 is 0 Å². The molecule has 6 nitrogen and oxygen atoms in total. The summed E-state index contributed by atoms with van der Waals surface area (Å²) in [4.78, 5) is 28.7. The molecule has 1 aromatic carbocycles. The number of carbonyl (C=O) groups is 1. The molecule has 0 spiro atoms. The first-order chi connectivity index (χ1) is 13.1. The van der Waals surface area contributed by atoms with Gasteiger partial charge in [0.2, 0.25) is 0 Å². The van der Waals surface area contributed by atoms with Crippen LogP contribution in [0.5, 0.6) is 5.75 Å². The van der Waals surface area contributed by atoms with Gasteiger partial charge in [-0.2, -0.15) is 0 Å². The number of anilines is 1. The molecule has 0 fully saturated rings. The van der Waals surface area contributed by atoms with Gasteiger partial charge in [0.25, 0.3) is 5.91 Å². The number of thiazole rings is 1. The second-order valence-electron chi connectivity index (χ2n) is 5.43. The Morgan fingerprint density at radius 1 is 1.22 bits per heavy atom. The van der Waals surface area contributed by atoms with Crippen LogP contribution < -0.4 is 15.7 Å². The van der Waals surface area contributed by atoms with Crippen molar-refractivity contribution >= 4 is 56.3 Å². The topological polar surface area (TPSA) is 81.4 Å². The average Bonchev–Trinajstić information content (AvgIpc) is 3.28. The monoisotopic (exact) mass is 418 g/mol. The Labute approximate surface area is 166 Å². The van der Waals surface area contributed by atoms with Crippen LogP contribution in [0.1, 0.15) is 0 Å². The van der Waals surface area contributed by atoms with Crippen LogP contribution in [-0.2, 0) is 4.79 Å². The van der Waals surface area contributed by atoms with Gasteiger partial charge < -0.3 is 9.15 Å². The van der Waals surface area contributed by atoms with Crippen molar-refractivity contribution in [3.8, 4) is 16.3 Å². The van der Waals surface area contributed by atoms with Gasteiger partial charge in [0.1, 0.15) is 11.3 Å². The Morgan fingerprint density at radius 2 is 2.07 bits per heavy atom. The lowest BCUT2D eigenvalue weighted by Crippen LogP contribution is -2.20. The molecule has 3 aromatic heterocycles. The summed E-state index contributed by atoms with van der Waals surface area (Å²) >= 11 is 8.68. The van der Waals surface area contributed by atoms with Gasteiger partial charge >= 0.3 is 5.63 Å². The largest absolute Gasteiger partial charge is 0.484 e. The molecule has 0 unspecified atom stereocenters. The number of fused-ring (bicyclic) bond motifs is 1. The Hall–Kier alpha value is -2.68. The van der Waals surface area contributed by atoms with Gasteiger partial charge in [-0.15, -0.1) is 22.7 Å². The highest BCUT2D eigenvalue weighted by Gasteiger charge is 2.10. The molecule has 3 heterocycles. The van der Waals surface area contributed by atoms with E-state index in [9.17, 15) is 9.59 Å². The second-order valence-corrected chi connectivity index (χ2v) is 8.01. The number of thiophene rings is 1. The van der Waals surface area contributed by atoms with E-state index in [4.69, 9.17) is 20.8 Å². The molecule has 0 bridgehead atoms. The average molecular weight is 419 g/mol. The lowest BCUT2D eigenvalue weighted by Gasteiger charge is -2.06. The van der Waals surface area contributed by atoms with Gasteiger partial charge in [-0.3, -0.25) is 10.1 Å². The van der Waals surface area contributed by atoms with Crippen LogP contribution in [0, 0.1) is 0 Å². The lowest BCUT2D eigenvalue weighted by atomic mass is 10.2. The first-order valence-corrected chi connectivity index (χ1v) is 9.82. The number of halogens is 1. The van der Waals surface area contributed by atoms with Gasteiger partial charge in [-0.1, -0.05) is 11.6 Å². The van der Waals surface area contributed by atoms with Crippen molar-refractivity contribution in [3.05, 3.63) is 62.6 Å². The molecule has 4 rings (SSSR count). The van der Waals surface area contributed by atoms with E-state index in [1.807, 2.05) is 11.4 Å². The van der Waals surface area contributed by atoms with Crippen molar-refractivity contribution in [1.29, 1.82) is 0 Å². The number of aromatic nitrogens is 1. The number of amides is 1. The number of hydrogen-bond donors (Lipinski definition) is 1. The summed E-state index contributed by atoms with van der Waals surface area (Å²) in [6.45, 7) is -0.192. The number of benzene rings is 1. The Morgan fingerprint density at radius 3 is 2.89 bits per heavy atom. The molecule has 0 radical (unpaired) electrons. The van der Waals surface area contributed by atoms with E-state index in [1.165, 1.54) is 28.7 Å². The molecular formula is C18H11ClN2O4S2. The zero-order valence-corrected chi connectivity index (χ0v) is 16.0. The maximum atomic E-state index is 12.1. The summed E-state index contributed by atoms with van der Waals surface area (Å²) in [5.41, 5.74) is 0.723. The molecular weight excluding hydrogens is 408 g/mol. The number of ether oxygens (including phenoxy) is 1. The highest BCUT2D eigenvalue weighted by molar-refractivity contribution is 7.20. The van der Waals surface area contributed by atoms with Crippen LogP contribution in [0.15, 0.2) is 57.1 Å². The van der Waals surface area contributed by atoms with Crippen LogP contribution in [-0.4, -0.2) is 17.5 Å². The molecule has 0 aliphatic rings. The summed E-state index contributed by atoms with van der Waals surface area (Å²) < 4.78 is 11.3. The minimum atomic E-state index is -0.441. The lowest BCUT2D eigenvalue weighted by molar-refractivity contribution is -0.118. The Bertz CT molecular complexity index is 1180. The maximum Gasteiger partial charge on any atom is 0.336 e. The van der Waals surface area contributed by atoms with Crippen LogP contribution in [0.2, 0.25) is 4.34 Å². The summed E-state index contributed by atoms with van der Waals surface area (Å²) in [5.74, 6) is 0.0924. The predicted octanol–water partition coefficient (Wildman–Crippen LogP) is 4.65. The van der Waals surface area contributed by atoms with Crippen LogP contribution >= 0.6 is 34.3 Å². The van der Waals surface area contributed by atoms with Crippen LogP contribution in [0.25, 0.3) is 21.5 Å². The fourth-order valence-corrected chi connectivity index (χ4v) is 4.14. The fourth-order valence-electron chi connectivity index (χ4n) is 2.33. The van der Waals surface area contributed by atoms with Crippen molar-refractivity contribution in [2.45, 2.75) is 0 Å². The molecule has 4 aromatic rings. The molecule has 0 saturated carbocycles. The normalized spacial score (nSPS) is 10.9. The summed E-state index contributed by atoms with van der Waals surface area (Å²) in [7, 11) is 0. The molecule has 0 aliphatic heterocycles. The number of nitrogens with one attached hydrogen (secondary N) is 1. The fraction of sp³-hybridized carbons (Fsp3) is 0.0556. The van der Waals surface area contributed by atoms with Gasteiger partial charge in [0, 0.05) is 22.9 Å². The van der Waals surface area contributed by atoms with Gasteiger partial charge in [-0.25, -0.2) is 9.78 Å². The zero-order chi connectivity index (χ0) is 18.8. The van der Waals surface area contributed by atoms with Crippen molar-refractivity contribution < 1.29 is 13.9 Å². The SMILES string of the molecule is O=C(COc1ccc2ccc(=O)oc2c1)Nc1nc(-c2ccc(Cl)s2)cs1. The van der Waals surface area contributed by atoms with E-state index in [0.717, 1.165) is 16.0 Å². The van der Waals surface area contributed by atoms with E-state index < -0.39 is 5.63 Å². The van der Waals surface area contributed by atoms with E-state index in [-0.39, 0.29) is 12.5 Å². The standard InChI is InChI=1S/C18H11ClN2O4S2/c19-15-5-4-14(27-15)12-9-26-18(20-12)21-16(22)8-24-11-3-1-10-2-6-17(23)25-13(10)7-11/h1-7,9H,8H2,(H,20,21,22). The zero-order valence-electron chi connectivity index (χ0n) is 13.6. The summed E-state index contributed by atoms with van der Waals surface area (Å²) in [6.07, 6.45) is 0. The predicted molar refractivity (Wildman–Crippen MR) is 107 cm³/mol. The van der Waals surface area contributed by atoms with Crippen molar-refractivity contribution in [2.24, 2.45) is 0 Å². The van der Waals surface area contributed by atoms with E-state index in [1.54, 1.807) is 30.3 Å². The molecule has 1 N–H and O–H groups in total. The van der Waals surface area contributed by atoms with Crippen LogP contribution in [0.3, 0.4) is 0 Å². The Balaban J connectivity index is 1.38. The number of nitrogens with zero attached hydrogens (tertiary/aromatic N) is 1. The third-order valence-electron chi connectivity index (χ3n) is 3.54. The number of hydrogen-bond acceptors (Lipinski definition) is 7. The molecule has 0 saturated heterocycles. The van der Waals surface area contributed by atoms with Crippen molar-refractivity contribution in [2.75, 3.05) is 11.9 Å². The molecule has 1 amide bonds. The first-order valence-electron chi connectivity index (χ1n) is 7.75. The van der Waals surface area contributed by atoms with E-state index in [2.05, 4.69) is 10.3 Å². The molecule has 0 atom stereocenters. The molecule has 9 heteroatoms. The maximum absolute atomic E-state index is 12.1. The van der Waals surface area contributed by atoms with E-state index in [0.29, 0.717) is 20.8 Å². The van der Waals surface area contributed by atoms with Crippen molar-refractivity contribution in [1.82, 2.24) is 4.98 Å². The molecule has 136 valence electrons. The number of rotatable bonds is 5. The summed E-state index contributed by atoms with van der Waals surface area (Å²) in [6, 6.07) is 11.7. The van der Waals surface area contributed by atoms with Gasteiger partial charge in [-0.05, 0) is 30.3 Å². The molecule has 0 aliphatic carbocycles. The smallest absolute Gasteiger partial charge is 0.336 e. The Kier molecular flexibility index (Phi) is 4.93. The highest BCUT2D eigenvalue weighted by atomic mass is 35.5. The van der Waals surface area contributed by atoms with Gasteiger partial charge in [0.05, 0.1) is 14.9 Å².